The summed E-state index contributed by atoms with van der Waals surface area (Å²) in [5, 5.41) is 2.87. The number of carbonyl (C=O) groups is 2. The van der Waals surface area contributed by atoms with E-state index in [0.717, 1.165) is 27.3 Å². The Kier molecular flexibility index (Phi) is 9.82. The van der Waals surface area contributed by atoms with Crippen LogP contribution in [-0.4, -0.2) is 55.4 Å². The third-order valence-corrected chi connectivity index (χ3v) is 7.19. The molecule has 0 heterocycles. The van der Waals surface area contributed by atoms with E-state index in [1.54, 1.807) is 26.2 Å². The van der Waals surface area contributed by atoms with Crippen molar-refractivity contribution in [3.63, 3.8) is 0 Å². The minimum absolute atomic E-state index is 0.0545. The van der Waals surface area contributed by atoms with Crippen molar-refractivity contribution in [3.05, 3.63) is 102 Å². The second-order valence-electron chi connectivity index (χ2n) is 8.73. The van der Waals surface area contributed by atoms with Gasteiger partial charge < -0.3 is 15.0 Å². The van der Waals surface area contributed by atoms with Gasteiger partial charge in [0.1, 0.15) is 11.8 Å². The molecule has 3 aromatic rings. The number of nitrogens with one attached hydrogen (secondary N) is 1. The Bertz CT molecular complexity index is 1280. The van der Waals surface area contributed by atoms with Crippen LogP contribution in [0.3, 0.4) is 0 Å². The zero-order chi connectivity index (χ0) is 26.8. The lowest BCUT2D eigenvalue weighted by Crippen LogP contribution is -2.50. The van der Waals surface area contributed by atoms with Gasteiger partial charge in [0.2, 0.25) is 21.8 Å². The maximum Gasteiger partial charge on any atom is 0.242 e. The van der Waals surface area contributed by atoms with Crippen LogP contribution in [0.5, 0.6) is 5.75 Å². The van der Waals surface area contributed by atoms with Crippen LogP contribution in [0.1, 0.15) is 23.6 Å². The summed E-state index contributed by atoms with van der Waals surface area (Å²) >= 11 is 0. The van der Waals surface area contributed by atoms with E-state index in [0.29, 0.717) is 5.75 Å². The number of para-hydroxylation sites is 1. The summed E-state index contributed by atoms with van der Waals surface area (Å²) in [4.78, 5) is 28.1. The molecule has 0 aromatic heterocycles. The summed E-state index contributed by atoms with van der Waals surface area (Å²) in [5.74, 6) is -0.174. The van der Waals surface area contributed by atoms with E-state index < -0.39 is 22.0 Å². The fourth-order valence-electron chi connectivity index (χ4n) is 3.86. The van der Waals surface area contributed by atoms with E-state index in [-0.39, 0.29) is 32.1 Å². The highest BCUT2D eigenvalue weighted by Gasteiger charge is 2.30. The highest BCUT2D eigenvalue weighted by molar-refractivity contribution is 7.88. The average Bonchev–Trinajstić information content (AvgIpc) is 2.90. The molecular formula is C28H33N3O5S. The number of benzene rings is 3. The van der Waals surface area contributed by atoms with Gasteiger partial charge in [0.05, 0.1) is 19.9 Å². The summed E-state index contributed by atoms with van der Waals surface area (Å²) in [7, 11) is -2.13. The van der Waals surface area contributed by atoms with Gasteiger partial charge in [-0.05, 0) is 24.1 Å². The second-order valence-corrected chi connectivity index (χ2v) is 10.7. The normalized spacial score (nSPS) is 12.1. The molecule has 1 atom stereocenters. The fourth-order valence-corrected chi connectivity index (χ4v) is 4.59. The molecule has 0 bridgehead atoms. The van der Waals surface area contributed by atoms with Crippen LogP contribution in [0.2, 0.25) is 0 Å². The third kappa shape index (κ3) is 8.16. The average molecular weight is 524 g/mol. The molecule has 0 aliphatic carbocycles. The first-order chi connectivity index (χ1) is 17.7. The SMILES string of the molecule is COc1ccccc1CNC(=O)C(C)N(Cc1ccccc1)C(=O)CN(Cc1ccccc1)S(C)(=O)=O. The van der Waals surface area contributed by atoms with Crippen molar-refractivity contribution in [2.24, 2.45) is 0 Å². The molecule has 3 aromatic carbocycles. The minimum Gasteiger partial charge on any atom is -0.496 e. The molecule has 0 fully saturated rings. The number of methoxy groups -OCH3 is 1. The highest BCUT2D eigenvalue weighted by atomic mass is 32.2. The van der Waals surface area contributed by atoms with Crippen LogP contribution in [0.15, 0.2) is 84.9 Å². The molecule has 9 heteroatoms. The van der Waals surface area contributed by atoms with E-state index in [2.05, 4.69) is 5.32 Å². The first-order valence-corrected chi connectivity index (χ1v) is 13.8. The van der Waals surface area contributed by atoms with Crippen molar-refractivity contribution in [2.45, 2.75) is 32.6 Å². The maximum absolute atomic E-state index is 13.5. The molecule has 0 spiro atoms. The largest absolute Gasteiger partial charge is 0.496 e. The molecule has 3 rings (SSSR count). The quantitative estimate of drug-likeness (QED) is 0.393. The lowest BCUT2D eigenvalue weighted by Gasteiger charge is -2.31. The first kappa shape index (κ1) is 27.9. The molecule has 0 aliphatic rings. The van der Waals surface area contributed by atoms with Crippen molar-refractivity contribution in [1.82, 2.24) is 14.5 Å². The molecule has 0 aliphatic heterocycles. The summed E-state index contributed by atoms with van der Waals surface area (Å²) < 4.78 is 31.6. The van der Waals surface area contributed by atoms with Crippen LogP contribution < -0.4 is 10.1 Å². The minimum atomic E-state index is -3.69. The van der Waals surface area contributed by atoms with Crippen molar-refractivity contribution in [1.29, 1.82) is 0 Å². The summed E-state index contributed by atoms with van der Waals surface area (Å²) in [6.45, 7) is 1.69. The van der Waals surface area contributed by atoms with E-state index in [1.165, 1.54) is 4.90 Å². The Morgan fingerprint density at radius 2 is 1.41 bits per heavy atom. The van der Waals surface area contributed by atoms with Gasteiger partial charge in [0.15, 0.2) is 0 Å². The predicted molar refractivity (Wildman–Crippen MR) is 143 cm³/mol. The number of ether oxygens (including phenoxy) is 1. The number of carbonyl (C=O) groups excluding carboxylic acids is 2. The van der Waals surface area contributed by atoms with Gasteiger partial charge in [-0.3, -0.25) is 9.59 Å². The van der Waals surface area contributed by atoms with Crippen LogP contribution in [0, 0.1) is 0 Å². The lowest BCUT2D eigenvalue weighted by molar-refractivity contribution is -0.140. The van der Waals surface area contributed by atoms with E-state index in [4.69, 9.17) is 4.74 Å². The van der Waals surface area contributed by atoms with E-state index in [1.807, 2.05) is 72.8 Å². The second kappa shape index (κ2) is 13.0. The van der Waals surface area contributed by atoms with Crippen LogP contribution >= 0.6 is 0 Å². The molecule has 1 unspecified atom stereocenters. The maximum atomic E-state index is 13.5. The van der Waals surface area contributed by atoms with Gasteiger partial charge in [0, 0.05) is 25.2 Å². The number of sulfonamides is 1. The molecule has 37 heavy (non-hydrogen) atoms. The van der Waals surface area contributed by atoms with Crippen LogP contribution in [0.25, 0.3) is 0 Å². The monoisotopic (exact) mass is 523 g/mol. The summed E-state index contributed by atoms with van der Waals surface area (Å²) in [5.41, 5.74) is 2.39. The summed E-state index contributed by atoms with van der Waals surface area (Å²) in [6.07, 6.45) is 1.08. The van der Waals surface area contributed by atoms with Crippen molar-refractivity contribution >= 4 is 21.8 Å². The number of hydrogen-bond donors (Lipinski definition) is 1. The fraction of sp³-hybridized carbons (Fsp3) is 0.286. The van der Waals surface area contributed by atoms with Crippen molar-refractivity contribution < 1.29 is 22.7 Å². The zero-order valence-corrected chi connectivity index (χ0v) is 22.1. The molecule has 0 saturated carbocycles. The highest BCUT2D eigenvalue weighted by Crippen LogP contribution is 2.18. The number of amides is 2. The molecular weight excluding hydrogens is 490 g/mol. The Balaban J connectivity index is 1.80. The number of rotatable bonds is 12. The van der Waals surface area contributed by atoms with Crippen molar-refractivity contribution in [2.75, 3.05) is 19.9 Å². The van der Waals surface area contributed by atoms with Crippen LogP contribution in [0.4, 0.5) is 0 Å². The van der Waals surface area contributed by atoms with E-state index >= 15 is 0 Å². The smallest absolute Gasteiger partial charge is 0.242 e. The Labute approximate surface area is 218 Å². The van der Waals surface area contributed by atoms with Gasteiger partial charge in [-0.15, -0.1) is 0 Å². The number of hydrogen-bond acceptors (Lipinski definition) is 5. The van der Waals surface area contributed by atoms with Gasteiger partial charge >= 0.3 is 0 Å². The number of nitrogens with zero attached hydrogens (tertiary/aromatic N) is 2. The topological polar surface area (TPSA) is 96.0 Å². The molecule has 0 saturated heterocycles. The van der Waals surface area contributed by atoms with Gasteiger partial charge in [0.25, 0.3) is 0 Å². The molecule has 2 amide bonds. The lowest BCUT2D eigenvalue weighted by atomic mass is 10.1. The van der Waals surface area contributed by atoms with Crippen molar-refractivity contribution in [3.8, 4) is 5.75 Å². The summed E-state index contributed by atoms with van der Waals surface area (Å²) in [6, 6.07) is 24.9. The molecule has 8 nitrogen and oxygen atoms in total. The Morgan fingerprint density at radius 1 is 0.865 bits per heavy atom. The van der Waals surface area contributed by atoms with Gasteiger partial charge in [-0.2, -0.15) is 4.31 Å². The predicted octanol–water partition coefficient (Wildman–Crippen LogP) is 3.19. The Hall–Kier alpha value is -3.69. The molecule has 196 valence electrons. The molecule has 1 N–H and O–H groups in total. The van der Waals surface area contributed by atoms with Gasteiger partial charge in [-0.1, -0.05) is 78.9 Å². The van der Waals surface area contributed by atoms with E-state index in [9.17, 15) is 18.0 Å². The van der Waals surface area contributed by atoms with Crippen LogP contribution in [-0.2, 0) is 39.2 Å². The Morgan fingerprint density at radius 3 is 1.97 bits per heavy atom. The molecule has 0 radical (unpaired) electrons. The first-order valence-electron chi connectivity index (χ1n) is 11.9. The van der Waals surface area contributed by atoms with Gasteiger partial charge in [-0.25, -0.2) is 8.42 Å². The zero-order valence-electron chi connectivity index (χ0n) is 21.3. The third-order valence-electron chi connectivity index (χ3n) is 5.99. The standard InChI is InChI=1S/C28H33N3O5S/c1-22(28(33)29-18-25-16-10-11-17-26(25)36-2)31(20-24-14-8-5-9-15-24)27(32)21-30(37(3,34)35)19-23-12-6-4-7-13-23/h4-17,22H,18-21H2,1-3H3,(H,29,33).